The van der Waals surface area contributed by atoms with Gasteiger partial charge in [0.05, 0.1) is 12.2 Å². The van der Waals surface area contributed by atoms with E-state index in [-0.39, 0.29) is 5.84 Å². The van der Waals surface area contributed by atoms with Crippen molar-refractivity contribution in [2.24, 2.45) is 10.9 Å². The third-order valence-corrected chi connectivity index (χ3v) is 3.17. The van der Waals surface area contributed by atoms with Crippen molar-refractivity contribution < 1.29 is 15.1 Å². The SMILES string of the molecule is CC(OCCNCC1(O)CCCC1)C(N)=NO. The van der Waals surface area contributed by atoms with Crippen molar-refractivity contribution in [3.05, 3.63) is 0 Å². The number of ether oxygens (including phenoxy) is 1. The summed E-state index contributed by atoms with van der Waals surface area (Å²) in [6, 6.07) is 0. The van der Waals surface area contributed by atoms with Gasteiger partial charge in [0.2, 0.25) is 0 Å². The van der Waals surface area contributed by atoms with E-state index < -0.39 is 11.7 Å². The average Bonchev–Trinajstić information content (AvgIpc) is 2.74. The van der Waals surface area contributed by atoms with E-state index in [2.05, 4.69) is 10.5 Å². The molecule has 0 aliphatic heterocycles. The Kier molecular flexibility index (Phi) is 5.67. The molecule has 0 bridgehead atoms. The summed E-state index contributed by atoms with van der Waals surface area (Å²) in [7, 11) is 0. The molecule has 0 spiro atoms. The van der Waals surface area contributed by atoms with Crippen LogP contribution in [0.1, 0.15) is 32.6 Å². The molecule has 100 valence electrons. The minimum absolute atomic E-state index is 0.0689. The van der Waals surface area contributed by atoms with Crippen LogP contribution in [-0.2, 0) is 4.74 Å². The topological polar surface area (TPSA) is 100 Å². The minimum Gasteiger partial charge on any atom is -0.409 e. The summed E-state index contributed by atoms with van der Waals surface area (Å²) in [6.45, 7) is 3.44. The van der Waals surface area contributed by atoms with E-state index in [0.717, 1.165) is 25.7 Å². The second kappa shape index (κ2) is 6.78. The zero-order valence-electron chi connectivity index (χ0n) is 10.4. The molecule has 0 aromatic rings. The lowest BCUT2D eigenvalue weighted by Crippen LogP contribution is -2.40. The van der Waals surface area contributed by atoms with Gasteiger partial charge in [-0.2, -0.15) is 0 Å². The first-order valence-electron chi connectivity index (χ1n) is 6.09. The number of amidine groups is 1. The molecule has 0 aromatic carbocycles. The van der Waals surface area contributed by atoms with Crippen molar-refractivity contribution in [3.8, 4) is 0 Å². The Bertz CT molecular complexity index is 252. The van der Waals surface area contributed by atoms with Gasteiger partial charge in [-0.1, -0.05) is 18.0 Å². The Labute approximate surface area is 102 Å². The average molecular weight is 245 g/mol. The van der Waals surface area contributed by atoms with Crippen LogP contribution in [0.25, 0.3) is 0 Å². The predicted octanol–water partition coefficient (Wildman–Crippen LogP) is 0.0326. The van der Waals surface area contributed by atoms with E-state index in [0.29, 0.717) is 19.7 Å². The van der Waals surface area contributed by atoms with Crippen molar-refractivity contribution in [1.82, 2.24) is 5.32 Å². The van der Waals surface area contributed by atoms with E-state index >= 15 is 0 Å². The fraction of sp³-hybridized carbons (Fsp3) is 0.909. The van der Waals surface area contributed by atoms with Gasteiger partial charge in [-0.15, -0.1) is 0 Å². The summed E-state index contributed by atoms with van der Waals surface area (Å²) in [5.74, 6) is 0.0689. The van der Waals surface area contributed by atoms with Gasteiger partial charge in [0.15, 0.2) is 5.84 Å². The maximum Gasteiger partial charge on any atom is 0.168 e. The first-order chi connectivity index (χ1) is 8.07. The molecular weight excluding hydrogens is 222 g/mol. The highest BCUT2D eigenvalue weighted by Gasteiger charge is 2.30. The second-order valence-electron chi connectivity index (χ2n) is 4.65. The molecule has 1 fully saturated rings. The molecule has 0 radical (unpaired) electrons. The molecule has 1 aliphatic carbocycles. The van der Waals surface area contributed by atoms with Gasteiger partial charge in [-0.05, 0) is 19.8 Å². The van der Waals surface area contributed by atoms with Gasteiger partial charge in [0.1, 0.15) is 6.10 Å². The van der Waals surface area contributed by atoms with Crippen molar-refractivity contribution in [2.45, 2.75) is 44.3 Å². The van der Waals surface area contributed by atoms with Gasteiger partial charge < -0.3 is 26.1 Å². The molecule has 17 heavy (non-hydrogen) atoms. The van der Waals surface area contributed by atoms with Gasteiger partial charge in [-0.3, -0.25) is 0 Å². The summed E-state index contributed by atoms with van der Waals surface area (Å²) in [5.41, 5.74) is 4.84. The molecule has 0 amide bonds. The van der Waals surface area contributed by atoms with Crippen LogP contribution >= 0.6 is 0 Å². The van der Waals surface area contributed by atoms with Crippen LogP contribution in [0.5, 0.6) is 0 Å². The molecule has 5 N–H and O–H groups in total. The summed E-state index contributed by atoms with van der Waals surface area (Å²) in [4.78, 5) is 0. The number of hydrogen-bond acceptors (Lipinski definition) is 5. The van der Waals surface area contributed by atoms with E-state index in [1.807, 2.05) is 0 Å². The molecule has 6 heteroatoms. The number of nitrogens with one attached hydrogen (secondary N) is 1. The molecule has 1 saturated carbocycles. The normalized spacial score (nSPS) is 21.6. The molecule has 0 aromatic heterocycles. The standard InChI is InChI=1S/C11H23N3O3/c1-9(10(12)14-16)17-7-6-13-8-11(15)4-2-3-5-11/h9,13,15-16H,2-8H2,1H3,(H2,12,14). The van der Waals surface area contributed by atoms with Gasteiger partial charge in [0, 0.05) is 13.1 Å². The number of aliphatic hydroxyl groups is 1. The van der Waals surface area contributed by atoms with E-state index in [1.165, 1.54) is 0 Å². The van der Waals surface area contributed by atoms with E-state index in [1.54, 1.807) is 6.92 Å². The maximum absolute atomic E-state index is 10.1. The number of rotatable bonds is 7. The maximum atomic E-state index is 10.1. The monoisotopic (exact) mass is 245 g/mol. The Balaban J connectivity index is 2.05. The van der Waals surface area contributed by atoms with Gasteiger partial charge >= 0.3 is 0 Å². The van der Waals surface area contributed by atoms with Crippen LogP contribution in [0, 0.1) is 0 Å². The Morgan fingerprint density at radius 3 is 2.76 bits per heavy atom. The highest BCUT2D eigenvalue weighted by atomic mass is 16.5. The quantitative estimate of drug-likeness (QED) is 0.167. The second-order valence-corrected chi connectivity index (χ2v) is 4.65. The van der Waals surface area contributed by atoms with Crippen molar-refractivity contribution in [2.75, 3.05) is 19.7 Å². The van der Waals surface area contributed by atoms with Crippen LogP contribution in [0.4, 0.5) is 0 Å². The fourth-order valence-corrected chi connectivity index (χ4v) is 2.01. The molecule has 1 rings (SSSR count). The van der Waals surface area contributed by atoms with Crippen LogP contribution in [0.3, 0.4) is 0 Å². The van der Waals surface area contributed by atoms with Crippen LogP contribution < -0.4 is 11.1 Å². The van der Waals surface area contributed by atoms with Crippen molar-refractivity contribution in [1.29, 1.82) is 0 Å². The minimum atomic E-state index is -0.531. The van der Waals surface area contributed by atoms with Crippen LogP contribution in [0.2, 0.25) is 0 Å². The third kappa shape index (κ3) is 4.89. The highest BCUT2D eigenvalue weighted by molar-refractivity contribution is 5.83. The number of nitrogens with two attached hydrogens (primary N) is 1. The summed E-state index contributed by atoms with van der Waals surface area (Å²) in [6.07, 6.45) is 3.57. The zero-order valence-corrected chi connectivity index (χ0v) is 10.4. The lowest BCUT2D eigenvalue weighted by atomic mass is 10.0. The van der Waals surface area contributed by atoms with Gasteiger partial charge in [-0.25, -0.2) is 0 Å². The van der Waals surface area contributed by atoms with Crippen molar-refractivity contribution >= 4 is 5.84 Å². The Morgan fingerprint density at radius 2 is 2.18 bits per heavy atom. The molecule has 0 saturated heterocycles. The lowest BCUT2D eigenvalue weighted by Gasteiger charge is -2.22. The number of nitrogens with zero attached hydrogens (tertiary/aromatic N) is 1. The zero-order chi connectivity index (χ0) is 12.7. The molecule has 1 unspecified atom stereocenters. The molecular formula is C11H23N3O3. The number of hydrogen-bond donors (Lipinski definition) is 4. The van der Waals surface area contributed by atoms with E-state index in [9.17, 15) is 5.11 Å². The van der Waals surface area contributed by atoms with E-state index in [4.69, 9.17) is 15.7 Å². The van der Waals surface area contributed by atoms with Crippen LogP contribution in [0.15, 0.2) is 5.16 Å². The van der Waals surface area contributed by atoms with Crippen molar-refractivity contribution in [3.63, 3.8) is 0 Å². The summed E-state index contributed by atoms with van der Waals surface area (Å²) < 4.78 is 5.33. The summed E-state index contributed by atoms with van der Waals surface area (Å²) >= 11 is 0. The first kappa shape index (κ1) is 14.2. The third-order valence-electron chi connectivity index (χ3n) is 3.17. The van der Waals surface area contributed by atoms with Gasteiger partial charge in [0.25, 0.3) is 0 Å². The molecule has 1 atom stereocenters. The first-order valence-corrected chi connectivity index (χ1v) is 6.09. The van der Waals surface area contributed by atoms with Crippen LogP contribution in [-0.4, -0.2) is 47.6 Å². The Hall–Kier alpha value is -0.850. The summed E-state index contributed by atoms with van der Waals surface area (Å²) in [5, 5.41) is 24.5. The highest BCUT2D eigenvalue weighted by Crippen LogP contribution is 2.28. The number of oxime groups is 1. The lowest BCUT2D eigenvalue weighted by molar-refractivity contribution is 0.0434. The predicted molar refractivity (Wildman–Crippen MR) is 65.1 cm³/mol. The Morgan fingerprint density at radius 1 is 1.53 bits per heavy atom. The smallest absolute Gasteiger partial charge is 0.168 e. The molecule has 1 aliphatic rings. The fourth-order valence-electron chi connectivity index (χ4n) is 2.01. The molecule has 0 heterocycles. The largest absolute Gasteiger partial charge is 0.409 e. The molecule has 6 nitrogen and oxygen atoms in total.